The van der Waals surface area contributed by atoms with Crippen LogP contribution in [0.1, 0.15) is 21.5 Å². The Balaban J connectivity index is 1.65. The number of amides is 1. The molecule has 3 aromatic rings. The fourth-order valence-electron chi connectivity index (χ4n) is 2.81. The largest absolute Gasteiger partial charge is 0.417 e. The third kappa shape index (κ3) is 4.70. The Bertz CT molecular complexity index is 975. The van der Waals surface area contributed by atoms with Crippen molar-refractivity contribution in [1.82, 2.24) is 10.3 Å². The van der Waals surface area contributed by atoms with Gasteiger partial charge in [0.15, 0.2) is 0 Å². The minimum Gasteiger partial charge on any atom is -0.352 e. The second-order valence-electron chi connectivity index (χ2n) is 6.09. The minimum atomic E-state index is -4.58. The van der Waals surface area contributed by atoms with Gasteiger partial charge in [0.2, 0.25) is 0 Å². The number of nitrogens with zero attached hydrogens (tertiary/aromatic N) is 1. The Hall–Kier alpha value is -2.86. The SMILES string of the molecule is O=C(NCCc1ccc(-c2ccncc2)cc1Cl)c1ccccc1C(F)(F)F. The fourth-order valence-corrected chi connectivity index (χ4v) is 3.08. The molecule has 0 aliphatic rings. The van der Waals surface area contributed by atoms with Crippen molar-refractivity contribution in [2.45, 2.75) is 12.6 Å². The van der Waals surface area contributed by atoms with Crippen molar-refractivity contribution >= 4 is 17.5 Å². The highest BCUT2D eigenvalue weighted by Gasteiger charge is 2.34. The number of benzene rings is 2. The predicted octanol–water partition coefficient (Wildman–Crippen LogP) is 5.39. The first kappa shape index (κ1) is 19.9. The number of carbonyl (C=O) groups excluding carboxylic acids is 1. The second-order valence-corrected chi connectivity index (χ2v) is 6.50. The van der Waals surface area contributed by atoms with E-state index in [1.165, 1.54) is 12.1 Å². The van der Waals surface area contributed by atoms with Gasteiger partial charge in [-0.05, 0) is 53.4 Å². The molecule has 3 nitrogen and oxygen atoms in total. The van der Waals surface area contributed by atoms with Gasteiger partial charge in [0.25, 0.3) is 5.91 Å². The molecule has 3 rings (SSSR count). The van der Waals surface area contributed by atoms with E-state index in [1.807, 2.05) is 30.3 Å². The van der Waals surface area contributed by atoms with E-state index >= 15 is 0 Å². The maximum atomic E-state index is 13.0. The topological polar surface area (TPSA) is 42.0 Å². The molecule has 28 heavy (non-hydrogen) atoms. The average molecular weight is 405 g/mol. The normalized spacial score (nSPS) is 11.3. The first-order valence-corrected chi connectivity index (χ1v) is 8.87. The summed E-state index contributed by atoms with van der Waals surface area (Å²) < 4.78 is 39.1. The smallest absolute Gasteiger partial charge is 0.352 e. The molecule has 144 valence electrons. The number of alkyl halides is 3. The van der Waals surface area contributed by atoms with Gasteiger partial charge in [-0.25, -0.2) is 0 Å². The molecule has 0 saturated carbocycles. The summed E-state index contributed by atoms with van der Waals surface area (Å²) in [6.45, 7) is 0.166. The molecule has 0 spiro atoms. The lowest BCUT2D eigenvalue weighted by Crippen LogP contribution is -2.28. The molecule has 0 unspecified atom stereocenters. The lowest BCUT2D eigenvalue weighted by molar-refractivity contribution is -0.137. The van der Waals surface area contributed by atoms with Gasteiger partial charge in [0.1, 0.15) is 0 Å². The van der Waals surface area contributed by atoms with Crippen molar-refractivity contribution in [2.24, 2.45) is 0 Å². The van der Waals surface area contributed by atoms with Gasteiger partial charge in [0.05, 0.1) is 11.1 Å². The molecule has 0 radical (unpaired) electrons. The highest BCUT2D eigenvalue weighted by atomic mass is 35.5. The zero-order valence-electron chi connectivity index (χ0n) is 14.6. The number of pyridine rings is 1. The summed E-state index contributed by atoms with van der Waals surface area (Å²) >= 11 is 6.32. The van der Waals surface area contributed by atoms with Gasteiger partial charge in [-0.2, -0.15) is 13.2 Å². The molecule has 0 bridgehead atoms. The molecular formula is C21H16ClF3N2O. The number of halogens is 4. The fraction of sp³-hybridized carbons (Fsp3) is 0.143. The third-order valence-corrected chi connectivity index (χ3v) is 4.58. The van der Waals surface area contributed by atoms with Crippen LogP contribution in [0.25, 0.3) is 11.1 Å². The summed E-state index contributed by atoms with van der Waals surface area (Å²) in [5.74, 6) is -0.766. The van der Waals surface area contributed by atoms with E-state index in [9.17, 15) is 18.0 Å². The van der Waals surface area contributed by atoms with Crippen molar-refractivity contribution < 1.29 is 18.0 Å². The molecule has 0 fully saturated rings. The molecule has 0 atom stereocenters. The Morgan fingerprint density at radius 1 is 1.00 bits per heavy atom. The second kappa shape index (κ2) is 8.44. The van der Waals surface area contributed by atoms with Crippen LogP contribution < -0.4 is 5.32 Å². The molecule has 0 aliphatic heterocycles. The van der Waals surface area contributed by atoms with Crippen LogP contribution in [-0.4, -0.2) is 17.4 Å². The van der Waals surface area contributed by atoms with Crippen LogP contribution in [0.4, 0.5) is 13.2 Å². The van der Waals surface area contributed by atoms with Crippen molar-refractivity contribution in [3.05, 3.63) is 88.7 Å². The molecule has 7 heteroatoms. The Kier molecular flexibility index (Phi) is 5.99. The summed E-state index contributed by atoms with van der Waals surface area (Å²) in [6.07, 6.45) is -0.813. The number of rotatable bonds is 5. The van der Waals surface area contributed by atoms with E-state index in [-0.39, 0.29) is 6.54 Å². The maximum absolute atomic E-state index is 13.0. The van der Waals surface area contributed by atoms with Crippen LogP contribution in [0.15, 0.2) is 67.0 Å². The lowest BCUT2D eigenvalue weighted by Gasteiger charge is -2.13. The summed E-state index contributed by atoms with van der Waals surface area (Å²) in [7, 11) is 0. The third-order valence-electron chi connectivity index (χ3n) is 4.22. The lowest BCUT2D eigenvalue weighted by atomic mass is 10.0. The minimum absolute atomic E-state index is 0.166. The van der Waals surface area contributed by atoms with Crippen molar-refractivity contribution in [3.63, 3.8) is 0 Å². The van der Waals surface area contributed by atoms with E-state index in [0.29, 0.717) is 11.4 Å². The van der Waals surface area contributed by atoms with Crippen molar-refractivity contribution in [2.75, 3.05) is 6.54 Å². The summed E-state index contributed by atoms with van der Waals surface area (Å²) in [6, 6.07) is 14.0. The maximum Gasteiger partial charge on any atom is 0.417 e. The molecule has 1 heterocycles. The molecule has 0 saturated heterocycles. The van der Waals surface area contributed by atoms with Crippen LogP contribution in [0.3, 0.4) is 0 Å². The van der Waals surface area contributed by atoms with Gasteiger partial charge < -0.3 is 5.32 Å². The van der Waals surface area contributed by atoms with Crippen LogP contribution >= 0.6 is 11.6 Å². The van der Waals surface area contributed by atoms with Gasteiger partial charge in [0, 0.05) is 24.0 Å². The summed E-state index contributed by atoms with van der Waals surface area (Å²) in [5.41, 5.74) is 1.35. The van der Waals surface area contributed by atoms with E-state index in [4.69, 9.17) is 11.6 Å². The van der Waals surface area contributed by atoms with Gasteiger partial charge in [-0.1, -0.05) is 35.9 Å². The van der Waals surface area contributed by atoms with Gasteiger partial charge in [-0.3, -0.25) is 9.78 Å². The molecule has 1 aromatic heterocycles. The zero-order chi connectivity index (χ0) is 20.1. The number of hydrogen-bond donors (Lipinski definition) is 1. The van der Waals surface area contributed by atoms with E-state index in [0.717, 1.165) is 28.8 Å². The number of carbonyl (C=O) groups is 1. The summed E-state index contributed by atoms with van der Waals surface area (Å²) in [5, 5.41) is 3.05. The average Bonchev–Trinajstić information content (AvgIpc) is 2.69. The Labute approximate surface area is 165 Å². The highest BCUT2D eigenvalue weighted by molar-refractivity contribution is 6.31. The molecule has 1 amide bonds. The van der Waals surface area contributed by atoms with E-state index in [1.54, 1.807) is 12.4 Å². The van der Waals surface area contributed by atoms with E-state index in [2.05, 4.69) is 10.3 Å². The predicted molar refractivity (Wildman–Crippen MR) is 102 cm³/mol. The van der Waals surface area contributed by atoms with Crippen molar-refractivity contribution in [1.29, 1.82) is 0 Å². The Morgan fingerprint density at radius 2 is 1.71 bits per heavy atom. The van der Waals surface area contributed by atoms with Gasteiger partial charge >= 0.3 is 6.18 Å². The van der Waals surface area contributed by atoms with Gasteiger partial charge in [-0.15, -0.1) is 0 Å². The van der Waals surface area contributed by atoms with Crippen LogP contribution in [0, 0.1) is 0 Å². The van der Waals surface area contributed by atoms with Crippen LogP contribution in [0.2, 0.25) is 5.02 Å². The number of aromatic nitrogens is 1. The molecular weight excluding hydrogens is 389 g/mol. The highest BCUT2D eigenvalue weighted by Crippen LogP contribution is 2.31. The first-order valence-electron chi connectivity index (χ1n) is 8.49. The first-order chi connectivity index (χ1) is 13.4. The Morgan fingerprint density at radius 3 is 2.39 bits per heavy atom. The number of hydrogen-bond acceptors (Lipinski definition) is 2. The summed E-state index contributed by atoms with van der Waals surface area (Å²) in [4.78, 5) is 16.1. The molecule has 1 N–H and O–H groups in total. The van der Waals surface area contributed by atoms with Crippen LogP contribution in [0.5, 0.6) is 0 Å². The van der Waals surface area contributed by atoms with Crippen molar-refractivity contribution in [3.8, 4) is 11.1 Å². The monoisotopic (exact) mass is 404 g/mol. The molecule has 0 aliphatic carbocycles. The number of nitrogens with one attached hydrogen (secondary N) is 1. The van der Waals surface area contributed by atoms with E-state index < -0.39 is 23.2 Å². The zero-order valence-corrected chi connectivity index (χ0v) is 15.4. The quantitative estimate of drug-likeness (QED) is 0.619. The van der Waals surface area contributed by atoms with Crippen LogP contribution in [-0.2, 0) is 12.6 Å². The standard InChI is InChI=1S/C21H16ClF3N2O/c22-19-13-16(14-7-10-26-11-8-14)6-5-15(19)9-12-27-20(28)17-3-1-2-4-18(17)21(23,24)25/h1-8,10-11,13H,9,12H2,(H,27,28). The molecule has 2 aromatic carbocycles.